The molecule has 2 heterocycles. The van der Waals surface area contributed by atoms with Crippen LogP contribution >= 0.6 is 0 Å². The van der Waals surface area contributed by atoms with Crippen LogP contribution in [0.5, 0.6) is 0 Å². The van der Waals surface area contributed by atoms with Crippen molar-refractivity contribution in [1.82, 2.24) is 14.5 Å². The molecule has 0 atom stereocenters. The number of fused-ring (bicyclic) bond motifs is 1. The van der Waals surface area contributed by atoms with Gasteiger partial charge in [0, 0.05) is 29.5 Å². The second-order valence-corrected chi connectivity index (χ2v) is 5.00. The van der Waals surface area contributed by atoms with Crippen LogP contribution in [0.15, 0.2) is 42.9 Å². The van der Waals surface area contributed by atoms with E-state index in [1.807, 2.05) is 35.8 Å². The first-order valence-corrected chi connectivity index (χ1v) is 6.85. The number of aliphatic hydroxyl groups is 2. The number of pyridine rings is 1. The zero-order valence-corrected chi connectivity index (χ0v) is 11.8. The second-order valence-electron chi connectivity index (χ2n) is 5.00. The number of aromatic nitrogens is 3. The maximum atomic E-state index is 9.43. The van der Waals surface area contributed by atoms with E-state index in [-0.39, 0.29) is 13.2 Å². The molecule has 0 amide bonds. The van der Waals surface area contributed by atoms with Gasteiger partial charge in [-0.25, -0.2) is 4.98 Å². The molecule has 0 aliphatic rings. The van der Waals surface area contributed by atoms with Crippen molar-refractivity contribution < 1.29 is 10.2 Å². The molecule has 0 aliphatic carbocycles. The largest absolute Gasteiger partial charge is 0.394 e. The fraction of sp³-hybridized carbons (Fsp3) is 0.250. The molecule has 2 aromatic heterocycles. The third-order valence-electron chi connectivity index (χ3n) is 3.70. The Balaban J connectivity index is 2.26. The van der Waals surface area contributed by atoms with Crippen molar-refractivity contribution in [2.75, 3.05) is 13.2 Å². The summed E-state index contributed by atoms with van der Waals surface area (Å²) >= 11 is 0. The molecule has 0 spiro atoms. The molecule has 108 valence electrons. The first-order chi connectivity index (χ1) is 10.3. The molecule has 5 heteroatoms. The summed E-state index contributed by atoms with van der Waals surface area (Å²) in [4.78, 5) is 8.80. The Kier molecular flexibility index (Phi) is 3.68. The van der Waals surface area contributed by atoms with Gasteiger partial charge in [0.05, 0.1) is 24.8 Å². The Bertz CT molecular complexity index is 763. The summed E-state index contributed by atoms with van der Waals surface area (Å²) < 4.78 is 1.81. The van der Waals surface area contributed by atoms with Gasteiger partial charge in [0.25, 0.3) is 0 Å². The highest BCUT2D eigenvalue weighted by Gasteiger charge is 2.17. The SMILES string of the molecule is Cc1ccc2ncccc2c1-c1nccn1C(CO)CO. The van der Waals surface area contributed by atoms with E-state index < -0.39 is 6.04 Å². The number of aliphatic hydroxyl groups excluding tert-OH is 2. The molecule has 0 radical (unpaired) electrons. The van der Waals surface area contributed by atoms with Gasteiger partial charge in [0.1, 0.15) is 5.82 Å². The van der Waals surface area contributed by atoms with E-state index in [1.165, 1.54) is 0 Å². The van der Waals surface area contributed by atoms with Gasteiger partial charge in [0.2, 0.25) is 0 Å². The predicted octanol–water partition coefficient (Wildman–Crippen LogP) is 1.93. The number of hydrogen-bond acceptors (Lipinski definition) is 4. The highest BCUT2D eigenvalue weighted by atomic mass is 16.3. The summed E-state index contributed by atoms with van der Waals surface area (Å²) in [6, 6.07) is 7.51. The van der Waals surface area contributed by atoms with Crippen molar-refractivity contribution in [2.45, 2.75) is 13.0 Å². The molecular weight excluding hydrogens is 266 g/mol. The van der Waals surface area contributed by atoms with Crippen LogP contribution in [0.1, 0.15) is 11.6 Å². The van der Waals surface area contributed by atoms with Crippen LogP contribution in [0, 0.1) is 6.92 Å². The first-order valence-electron chi connectivity index (χ1n) is 6.85. The lowest BCUT2D eigenvalue weighted by molar-refractivity contribution is 0.155. The minimum Gasteiger partial charge on any atom is -0.394 e. The summed E-state index contributed by atoms with van der Waals surface area (Å²) in [5, 5.41) is 19.9. The van der Waals surface area contributed by atoms with E-state index in [2.05, 4.69) is 9.97 Å². The van der Waals surface area contributed by atoms with Crippen LogP contribution < -0.4 is 0 Å². The molecule has 0 bridgehead atoms. The molecule has 0 aliphatic heterocycles. The zero-order valence-electron chi connectivity index (χ0n) is 11.8. The average molecular weight is 283 g/mol. The Morgan fingerprint density at radius 2 is 1.90 bits per heavy atom. The summed E-state index contributed by atoms with van der Waals surface area (Å²) in [5.74, 6) is 0.735. The molecule has 3 aromatic rings. The van der Waals surface area contributed by atoms with Crippen molar-refractivity contribution in [1.29, 1.82) is 0 Å². The highest BCUT2D eigenvalue weighted by molar-refractivity contribution is 5.94. The lowest BCUT2D eigenvalue weighted by Crippen LogP contribution is -2.17. The fourth-order valence-electron chi connectivity index (χ4n) is 2.59. The Morgan fingerprint density at radius 3 is 2.67 bits per heavy atom. The normalized spacial score (nSPS) is 11.4. The Morgan fingerprint density at radius 1 is 1.10 bits per heavy atom. The van der Waals surface area contributed by atoms with E-state index in [0.29, 0.717) is 0 Å². The quantitative estimate of drug-likeness (QED) is 0.767. The molecule has 1 aromatic carbocycles. The number of imidazole rings is 1. The molecule has 5 nitrogen and oxygen atoms in total. The number of nitrogens with zero attached hydrogens (tertiary/aromatic N) is 3. The standard InChI is InChI=1S/C16H17N3O2/c1-11-4-5-14-13(3-2-6-17-14)15(11)16-18-7-8-19(16)12(9-20)10-21/h2-8,12,20-21H,9-10H2,1H3. The van der Waals surface area contributed by atoms with Crippen molar-refractivity contribution in [3.8, 4) is 11.4 Å². The molecule has 0 saturated carbocycles. The molecule has 3 rings (SSSR count). The van der Waals surface area contributed by atoms with Gasteiger partial charge in [-0.2, -0.15) is 0 Å². The van der Waals surface area contributed by atoms with Crippen LogP contribution in [0.4, 0.5) is 0 Å². The van der Waals surface area contributed by atoms with Gasteiger partial charge in [-0.05, 0) is 24.6 Å². The highest BCUT2D eigenvalue weighted by Crippen LogP contribution is 2.31. The number of hydrogen-bond donors (Lipinski definition) is 2. The summed E-state index contributed by atoms with van der Waals surface area (Å²) in [5.41, 5.74) is 2.97. The van der Waals surface area contributed by atoms with Gasteiger partial charge < -0.3 is 14.8 Å². The molecule has 0 unspecified atom stereocenters. The lowest BCUT2D eigenvalue weighted by Gasteiger charge is -2.18. The molecule has 0 saturated heterocycles. The molecule has 0 fully saturated rings. The van der Waals surface area contributed by atoms with Crippen molar-refractivity contribution >= 4 is 10.9 Å². The Labute approximate surface area is 122 Å². The van der Waals surface area contributed by atoms with Gasteiger partial charge in [-0.3, -0.25) is 4.98 Å². The topological polar surface area (TPSA) is 71.2 Å². The van der Waals surface area contributed by atoms with Crippen LogP contribution in [0.25, 0.3) is 22.3 Å². The Hall–Kier alpha value is -2.24. The van der Waals surface area contributed by atoms with Crippen LogP contribution in [-0.4, -0.2) is 38.0 Å². The van der Waals surface area contributed by atoms with E-state index in [0.717, 1.165) is 27.9 Å². The van der Waals surface area contributed by atoms with Crippen LogP contribution in [0.3, 0.4) is 0 Å². The maximum absolute atomic E-state index is 9.43. The first kappa shape index (κ1) is 13.7. The monoisotopic (exact) mass is 283 g/mol. The minimum atomic E-state index is -0.395. The van der Waals surface area contributed by atoms with Crippen LogP contribution in [0.2, 0.25) is 0 Å². The van der Waals surface area contributed by atoms with Gasteiger partial charge in [-0.1, -0.05) is 12.1 Å². The molecule has 21 heavy (non-hydrogen) atoms. The van der Waals surface area contributed by atoms with Crippen molar-refractivity contribution in [3.63, 3.8) is 0 Å². The second kappa shape index (κ2) is 5.63. The van der Waals surface area contributed by atoms with Gasteiger partial charge >= 0.3 is 0 Å². The van der Waals surface area contributed by atoms with E-state index in [1.54, 1.807) is 18.6 Å². The van der Waals surface area contributed by atoms with E-state index in [4.69, 9.17) is 0 Å². The summed E-state index contributed by atoms with van der Waals surface area (Å²) in [6.07, 6.45) is 5.22. The minimum absolute atomic E-state index is 0.137. The lowest BCUT2D eigenvalue weighted by atomic mass is 10.0. The number of rotatable bonds is 4. The van der Waals surface area contributed by atoms with Crippen molar-refractivity contribution in [2.24, 2.45) is 0 Å². The van der Waals surface area contributed by atoms with Crippen molar-refractivity contribution in [3.05, 3.63) is 48.4 Å². The average Bonchev–Trinajstić information content (AvgIpc) is 2.97. The fourth-order valence-corrected chi connectivity index (χ4v) is 2.59. The third kappa shape index (κ3) is 2.30. The van der Waals surface area contributed by atoms with Crippen LogP contribution in [-0.2, 0) is 0 Å². The third-order valence-corrected chi connectivity index (χ3v) is 3.70. The number of aryl methyl sites for hydroxylation is 1. The van der Waals surface area contributed by atoms with E-state index in [9.17, 15) is 10.2 Å². The molecule has 2 N–H and O–H groups in total. The summed E-state index contributed by atoms with van der Waals surface area (Å²) in [6.45, 7) is 1.75. The van der Waals surface area contributed by atoms with E-state index >= 15 is 0 Å². The molecular formula is C16H17N3O2. The van der Waals surface area contributed by atoms with Gasteiger partial charge in [0.15, 0.2) is 0 Å². The maximum Gasteiger partial charge on any atom is 0.141 e. The number of benzene rings is 1. The zero-order chi connectivity index (χ0) is 14.8. The summed E-state index contributed by atoms with van der Waals surface area (Å²) in [7, 11) is 0. The smallest absolute Gasteiger partial charge is 0.141 e. The predicted molar refractivity (Wildman–Crippen MR) is 80.9 cm³/mol. The van der Waals surface area contributed by atoms with Gasteiger partial charge in [-0.15, -0.1) is 0 Å².